The van der Waals surface area contributed by atoms with Crippen molar-refractivity contribution in [2.45, 2.75) is 11.8 Å². The number of piperazine rings is 1. The van der Waals surface area contributed by atoms with Gasteiger partial charge in [0.2, 0.25) is 10.0 Å². The van der Waals surface area contributed by atoms with E-state index in [4.69, 9.17) is 21.1 Å². The van der Waals surface area contributed by atoms with Crippen molar-refractivity contribution < 1.29 is 22.7 Å². The summed E-state index contributed by atoms with van der Waals surface area (Å²) in [6.07, 6.45) is 0. The number of nitriles is 1. The fourth-order valence-corrected chi connectivity index (χ4v) is 5.81. The van der Waals surface area contributed by atoms with E-state index in [0.29, 0.717) is 37.1 Å². The highest BCUT2D eigenvalue weighted by atomic mass is 35.5. The molecule has 2 aliphatic heterocycles. The van der Waals surface area contributed by atoms with Gasteiger partial charge in [-0.25, -0.2) is 13.2 Å². The van der Waals surface area contributed by atoms with E-state index < -0.39 is 10.0 Å². The summed E-state index contributed by atoms with van der Waals surface area (Å²) in [5.41, 5.74) is 1.07. The molecule has 11 heteroatoms. The molecule has 2 aromatic rings. The SMILES string of the molecule is Cc1cc(Cl)cc(Oc2ccc(C#N)cc2S(=O)(=O)N2CCN(C(=O)N3CCOCC3)CC2)c1. The van der Waals surface area contributed by atoms with Gasteiger partial charge in [-0.2, -0.15) is 9.57 Å². The van der Waals surface area contributed by atoms with Gasteiger partial charge in [0.25, 0.3) is 0 Å². The van der Waals surface area contributed by atoms with Crippen molar-refractivity contribution in [3.63, 3.8) is 0 Å². The standard InChI is InChI=1S/C23H25ClN4O5S/c1-17-12-19(24)15-20(13-17)33-21-3-2-18(16-25)14-22(21)34(30,31)28-6-4-26(5-7-28)23(29)27-8-10-32-11-9-27/h2-3,12-15H,4-11H2,1H3. The number of aryl methyl sites for hydroxylation is 1. The third-order valence-electron chi connectivity index (χ3n) is 5.72. The summed E-state index contributed by atoms with van der Waals surface area (Å²) in [7, 11) is -3.99. The smallest absolute Gasteiger partial charge is 0.320 e. The third-order valence-corrected chi connectivity index (χ3v) is 7.86. The minimum absolute atomic E-state index is 0.0999. The number of halogens is 1. The van der Waals surface area contributed by atoms with E-state index in [9.17, 15) is 18.5 Å². The highest BCUT2D eigenvalue weighted by Gasteiger charge is 2.34. The van der Waals surface area contributed by atoms with E-state index in [-0.39, 0.29) is 48.4 Å². The van der Waals surface area contributed by atoms with Gasteiger partial charge in [-0.15, -0.1) is 0 Å². The van der Waals surface area contributed by atoms with E-state index in [1.807, 2.05) is 13.0 Å². The third kappa shape index (κ3) is 5.28. The average Bonchev–Trinajstić information content (AvgIpc) is 2.83. The van der Waals surface area contributed by atoms with Crippen LogP contribution in [0.2, 0.25) is 5.02 Å². The second-order valence-electron chi connectivity index (χ2n) is 8.11. The first-order valence-electron chi connectivity index (χ1n) is 10.9. The minimum Gasteiger partial charge on any atom is -0.456 e. The molecule has 34 heavy (non-hydrogen) atoms. The summed E-state index contributed by atoms with van der Waals surface area (Å²) in [5.74, 6) is 0.500. The zero-order valence-electron chi connectivity index (χ0n) is 18.7. The Morgan fingerprint density at radius 2 is 1.71 bits per heavy atom. The van der Waals surface area contributed by atoms with Gasteiger partial charge < -0.3 is 19.3 Å². The number of hydrogen-bond donors (Lipinski definition) is 0. The fourth-order valence-electron chi connectivity index (χ4n) is 3.97. The second kappa shape index (κ2) is 10.2. The van der Waals surface area contributed by atoms with Crippen LogP contribution in [0.25, 0.3) is 0 Å². The highest BCUT2D eigenvalue weighted by molar-refractivity contribution is 7.89. The molecular weight excluding hydrogens is 480 g/mol. The Hall–Kier alpha value is -2.84. The molecule has 0 aromatic heterocycles. The van der Waals surface area contributed by atoms with Gasteiger partial charge in [-0.1, -0.05) is 11.6 Å². The number of ether oxygens (including phenoxy) is 2. The van der Waals surface area contributed by atoms with E-state index in [2.05, 4.69) is 0 Å². The van der Waals surface area contributed by atoms with Crippen LogP contribution >= 0.6 is 11.6 Å². The zero-order valence-corrected chi connectivity index (χ0v) is 20.3. The lowest BCUT2D eigenvalue weighted by Gasteiger charge is -2.38. The molecule has 0 saturated carbocycles. The monoisotopic (exact) mass is 504 g/mol. The van der Waals surface area contributed by atoms with Gasteiger partial charge in [-0.05, 0) is 48.9 Å². The Kier molecular flexibility index (Phi) is 7.28. The first-order chi connectivity index (χ1) is 16.3. The molecule has 0 unspecified atom stereocenters. The summed E-state index contributed by atoms with van der Waals surface area (Å²) in [5, 5.41) is 9.80. The van der Waals surface area contributed by atoms with E-state index in [0.717, 1.165) is 5.56 Å². The quantitative estimate of drug-likeness (QED) is 0.634. The van der Waals surface area contributed by atoms with Gasteiger partial charge >= 0.3 is 6.03 Å². The summed E-state index contributed by atoms with van der Waals surface area (Å²) in [6.45, 7) is 4.76. The number of hydrogen-bond acceptors (Lipinski definition) is 6. The number of benzene rings is 2. The average molecular weight is 505 g/mol. The summed E-state index contributed by atoms with van der Waals surface area (Å²) in [4.78, 5) is 16.0. The molecule has 2 fully saturated rings. The number of amides is 2. The molecule has 180 valence electrons. The molecule has 2 heterocycles. The van der Waals surface area contributed by atoms with Crippen molar-refractivity contribution in [1.29, 1.82) is 5.26 Å². The van der Waals surface area contributed by atoms with Crippen molar-refractivity contribution in [3.8, 4) is 17.6 Å². The van der Waals surface area contributed by atoms with Crippen molar-refractivity contribution >= 4 is 27.7 Å². The molecule has 2 saturated heterocycles. The van der Waals surface area contributed by atoms with Crippen LogP contribution in [0.4, 0.5) is 4.79 Å². The molecule has 4 rings (SSSR count). The van der Waals surface area contributed by atoms with Gasteiger partial charge in [-0.3, -0.25) is 0 Å². The fraction of sp³-hybridized carbons (Fsp3) is 0.391. The molecule has 0 spiro atoms. The Labute approximate surface area is 204 Å². The number of morpholine rings is 1. The Bertz CT molecular complexity index is 1200. The van der Waals surface area contributed by atoms with Crippen molar-refractivity contribution in [3.05, 3.63) is 52.5 Å². The number of nitrogens with zero attached hydrogens (tertiary/aromatic N) is 4. The predicted molar refractivity (Wildman–Crippen MR) is 126 cm³/mol. The number of rotatable bonds is 4. The summed E-state index contributed by atoms with van der Waals surface area (Å²) < 4.78 is 39.6. The lowest BCUT2D eigenvalue weighted by molar-refractivity contribution is 0.0405. The predicted octanol–water partition coefficient (Wildman–Crippen LogP) is 3.07. The zero-order chi connectivity index (χ0) is 24.3. The topological polar surface area (TPSA) is 103 Å². The molecule has 0 aliphatic carbocycles. The second-order valence-corrected chi connectivity index (χ2v) is 10.5. The van der Waals surface area contributed by atoms with Crippen molar-refractivity contribution in [1.82, 2.24) is 14.1 Å². The number of carbonyl (C=O) groups is 1. The molecule has 2 amide bonds. The normalized spacial score (nSPS) is 17.3. The minimum atomic E-state index is -3.99. The van der Waals surface area contributed by atoms with Crippen LogP contribution < -0.4 is 4.74 Å². The summed E-state index contributed by atoms with van der Waals surface area (Å²) in [6, 6.07) is 11.3. The van der Waals surface area contributed by atoms with Crippen LogP contribution in [0.5, 0.6) is 11.5 Å². The molecule has 0 N–H and O–H groups in total. The highest BCUT2D eigenvalue weighted by Crippen LogP contribution is 2.33. The molecule has 0 bridgehead atoms. The van der Waals surface area contributed by atoms with Gasteiger partial charge in [0.15, 0.2) is 0 Å². The molecule has 9 nitrogen and oxygen atoms in total. The maximum Gasteiger partial charge on any atom is 0.320 e. The molecule has 0 atom stereocenters. The van der Waals surface area contributed by atoms with Crippen LogP contribution in [-0.2, 0) is 14.8 Å². The maximum atomic E-state index is 13.6. The maximum absolute atomic E-state index is 13.6. The molecule has 0 radical (unpaired) electrons. The lowest BCUT2D eigenvalue weighted by atomic mass is 10.2. The number of carbonyl (C=O) groups excluding carboxylic acids is 1. The Morgan fingerprint density at radius 1 is 1.03 bits per heavy atom. The summed E-state index contributed by atoms with van der Waals surface area (Å²) >= 11 is 6.12. The van der Waals surface area contributed by atoms with Gasteiger partial charge in [0.1, 0.15) is 16.4 Å². The van der Waals surface area contributed by atoms with Crippen LogP contribution in [0.3, 0.4) is 0 Å². The first kappa shape index (κ1) is 24.3. The van der Waals surface area contributed by atoms with Gasteiger partial charge in [0, 0.05) is 44.3 Å². The lowest BCUT2D eigenvalue weighted by Crippen LogP contribution is -2.55. The van der Waals surface area contributed by atoms with Gasteiger partial charge in [0.05, 0.1) is 24.8 Å². The molecule has 2 aliphatic rings. The Balaban J connectivity index is 1.54. The first-order valence-corrected chi connectivity index (χ1v) is 12.7. The Morgan fingerprint density at radius 3 is 2.35 bits per heavy atom. The van der Waals surface area contributed by atoms with Crippen molar-refractivity contribution in [2.24, 2.45) is 0 Å². The molecule has 2 aromatic carbocycles. The van der Waals surface area contributed by atoms with Crippen LogP contribution in [0, 0.1) is 18.3 Å². The van der Waals surface area contributed by atoms with E-state index >= 15 is 0 Å². The largest absolute Gasteiger partial charge is 0.456 e. The molecular formula is C23H25ClN4O5S. The van der Waals surface area contributed by atoms with Crippen LogP contribution in [0.15, 0.2) is 41.3 Å². The van der Waals surface area contributed by atoms with E-state index in [1.165, 1.54) is 22.5 Å². The van der Waals surface area contributed by atoms with Crippen LogP contribution in [0.1, 0.15) is 11.1 Å². The van der Waals surface area contributed by atoms with Crippen LogP contribution in [-0.4, -0.2) is 81.0 Å². The van der Waals surface area contributed by atoms with Crippen molar-refractivity contribution in [2.75, 3.05) is 52.5 Å². The number of sulfonamides is 1. The van der Waals surface area contributed by atoms with E-state index in [1.54, 1.807) is 28.0 Å². The number of urea groups is 1.